The highest BCUT2D eigenvalue weighted by molar-refractivity contribution is 5.92. The summed E-state index contributed by atoms with van der Waals surface area (Å²) in [6.07, 6.45) is 4.58. The Bertz CT molecular complexity index is 1090. The number of urea groups is 1. The fraction of sp³-hybridized carbons (Fsp3) is 0.375. The Labute approximate surface area is 181 Å². The van der Waals surface area contributed by atoms with Gasteiger partial charge in [-0.1, -0.05) is 30.3 Å². The zero-order chi connectivity index (χ0) is 21.6. The number of ether oxygens (including phenoxy) is 1. The number of hydrogen-bond donors (Lipinski definition) is 1. The molecule has 1 fully saturated rings. The van der Waals surface area contributed by atoms with E-state index in [4.69, 9.17) is 4.74 Å². The Morgan fingerprint density at radius 3 is 2.68 bits per heavy atom. The van der Waals surface area contributed by atoms with Crippen LogP contribution in [-0.2, 0) is 17.7 Å². The van der Waals surface area contributed by atoms with Gasteiger partial charge in [0, 0.05) is 25.9 Å². The molecule has 1 aliphatic rings. The van der Waals surface area contributed by atoms with Crippen molar-refractivity contribution < 1.29 is 9.53 Å². The maximum Gasteiger partial charge on any atom is 0.321 e. The minimum atomic E-state index is -0.139. The molecule has 0 saturated carbocycles. The number of benzene rings is 2. The lowest BCUT2D eigenvalue weighted by Crippen LogP contribution is -2.41. The Hall–Kier alpha value is -3.19. The number of nitrogens with zero attached hydrogens (tertiary/aromatic N) is 3. The van der Waals surface area contributed by atoms with Gasteiger partial charge in [0.1, 0.15) is 0 Å². The highest BCUT2D eigenvalue weighted by atomic mass is 16.5. The minimum absolute atomic E-state index is 0.124. The summed E-state index contributed by atoms with van der Waals surface area (Å²) in [5, 5.41) is 3.43. The molecule has 31 heavy (non-hydrogen) atoms. The second-order valence-corrected chi connectivity index (χ2v) is 8.02. The SMILES string of the molecule is COCCn1cnc2ccc(NC(=O)N3CCC(Cc4ccccc4)CC3)cc2c1=O. The van der Waals surface area contributed by atoms with Crippen molar-refractivity contribution in [1.29, 1.82) is 0 Å². The van der Waals surface area contributed by atoms with Crippen molar-refractivity contribution in [3.8, 4) is 0 Å². The van der Waals surface area contributed by atoms with Crippen molar-refractivity contribution in [1.82, 2.24) is 14.5 Å². The predicted molar refractivity (Wildman–Crippen MR) is 121 cm³/mol. The maximum absolute atomic E-state index is 12.8. The Morgan fingerprint density at radius 2 is 1.94 bits per heavy atom. The number of likely N-dealkylation sites (tertiary alicyclic amines) is 1. The zero-order valence-electron chi connectivity index (χ0n) is 17.8. The lowest BCUT2D eigenvalue weighted by molar-refractivity contribution is 0.182. The van der Waals surface area contributed by atoms with Crippen molar-refractivity contribution in [2.45, 2.75) is 25.8 Å². The van der Waals surface area contributed by atoms with Gasteiger partial charge >= 0.3 is 6.03 Å². The van der Waals surface area contributed by atoms with Gasteiger partial charge in [0.2, 0.25) is 0 Å². The van der Waals surface area contributed by atoms with Gasteiger partial charge in [0.15, 0.2) is 0 Å². The Kier molecular flexibility index (Phi) is 6.62. The number of rotatable bonds is 6. The third-order valence-electron chi connectivity index (χ3n) is 5.88. The molecule has 2 heterocycles. The van der Waals surface area contributed by atoms with Crippen LogP contribution in [0.3, 0.4) is 0 Å². The largest absolute Gasteiger partial charge is 0.383 e. The highest BCUT2D eigenvalue weighted by Crippen LogP contribution is 2.22. The lowest BCUT2D eigenvalue weighted by atomic mass is 9.90. The van der Waals surface area contributed by atoms with Crippen molar-refractivity contribution in [2.75, 3.05) is 32.1 Å². The predicted octanol–water partition coefficient (Wildman–Crippen LogP) is 3.53. The first kappa shape index (κ1) is 21.1. The van der Waals surface area contributed by atoms with Crippen LogP contribution in [0.1, 0.15) is 18.4 Å². The summed E-state index contributed by atoms with van der Waals surface area (Å²) < 4.78 is 6.57. The van der Waals surface area contributed by atoms with E-state index in [1.807, 2.05) is 11.0 Å². The summed E-state index contributed by atoms with van der Waals surface area (Å²) in [7, 11) is 1.59. The summed E-state index contributed by atoms with van der Waals surface area (Å²) in [6, 6.07) is 15.6. The van der Waals surface area contributed by atoms with Gasteiger partial charge < -0.3 is 15.0 Å². The van der Waals surface area contributed by atoms with Crippen molar-refractivity contribution in [3.63, 3.8) is 0 Å². The summed E-state index contributed by atoms with van der Waals surface area (Å²) >= 11 is 0. The van der Waals surface area contributed by atoms with E-state index < -0.39 is 0 Å². The molecule has 0 spiro atoms. The van der Waals surface area contributed by atoms with Gasteiger partial charge in [-0.3, -0.25) is 9.36 Å². The van der Waals surface area contributed by atoms with Gasteiger partial charge in [-0.2, -0.15) is 0 Å². The summed E-state index contributed by atoms with van der Waals surface area (Å²) in [6.45, 7) is 2.35. The normalized spacial score (nSPS) is 14.7. The smallest absolute Gasteiger partial charge is 0.321 e. The van der Waals surface area contributed by atoms with E-state index in [2.05, 4.69) is 34.6 Å². The van der Waals surface area contributed by atoms with Gasteiger partial charge in [0.25, 0.3) is 5.56 Å². The zero-order valence-corrected chi connectivity index (χ0v) is 17.8. The van der Waals surface area contributed by atoms with Gasteiger partial charge in [0.05, 0.1) is 30.4 Å². The third-order valence-corrected chi connectivity index (χ3v) is 5.88. The summed E-state index contributed by atoms with van der Waals surface area (Å²) in [4.78, 5) is 31.7. The average Bonchev–Trinajstić information content (AvgIpc) is 2.80. The van der Waals surface area contributed by atoms with Crippen LogP contribution in [0.4, 0.5) is 10.5 Å². The third kappa shape index (κ3) is 5.11. The van der Waals surface area contributed by atoms with Crippen LogP contribution in [0.15, 0.2) is 59.7 Å². The van der Waals surface area contributed by atoms with Crippen LogP contribution >= 0.6 is 0 Å². The van der Waals surface area contributed by atoms with Crippen LogP contribution in [-0.4, -0.2) is 47.3 Å². The van der Waals surface area contributed by atoms with Gasteiger partial charge in [-0.25, -0.2) is 9.78 Å². The van der Waals surface area contributed by atoms with Crippen LogP contribution < -0.4 is 10.9 Å². The number of methoxy groups -OCH3 is 1. The molecule has 162 valence electrons. The molecule has 3 aromatic rings. The topological polar surface area (TPSA) is 76.5 Å². The molecule has 7 heteroatoms. The Balaban J connectivity index is 1.38. The van der Waals surface area contributed by atoms with Crippen LogP contribution in [0, 0.1) is 5.92 Å². The van der Waals surface area contributed by atoms with E-state index in [1.165, 1.54) is 16.5 Å². The Morgan fingerprint density at radius 1 is 1.16 bits per heavy atom. The second kappa shape index (κ2) is 9.75. The quantitative estimate of drug-likeness (QED) is 0.662. The van der Waals surface area contributed by atoms with Crippen molar-refractivity contribution in [3.05, 3.63) is 70.8 Å². The molecule has 0 aliphatic carbocycles. The first-order valence-corrected chi connectivity index (χ1v) is 10.7. The summed E-state index contributed by atoms with van der Waals surface area (Å²) in [5.74, 6) is 0.601. The molecular formula is C24H28N4O3. The van der Waals surface area contributed by atoms with Crippen LogP contribution in [0.25, 0.3) is 10.9 Å². The maximum atomic E-state index is 12.8. The fourth-order valence-electron chi connectivity index (χ4n) is 4.08. The highest BCUT2D eigenvalue weighted by Gasteiger charge is 2.23. The van der Waals surface area contributed by atoms with Crippen LogP contribution in [0.2, 0.25) is 0 Å². The molecule has 1 N–H and O–H groups in total. The van der Waals surface area contributed by atoms with E-state index >= 15 is 0 Å². The van der Waals surface area contributed by atoms with Gasteiger partial charge in [-0.15, -0.1) is 0 Å². The standard InChI is InChI=1S/C24H28N4O3/c1-31-14-13-28-17-25-22-8-7-20(16-21(22)23(28)29)26-24(30)27-11-9-19(10-12-27)15-18-5-3-2-4-6-18/h2-8,16-17,19H,9-15H2,1H3,(H,26,30). The number of carbonyl (C=O) groups is 1. The molecule has 0 bridgehead atoms. The lowest BCUT2D eigenvalue weighted by Gasteiger charge is -2.32. The number of piperidine rings is 1. The number of carbonyl (C=O) groups excluding carboxylic acids is 1. The van der Waals surface area contributed by atoms with Gasteiger partial charge in [-0.05, 0) is 48.9 Å². The molecule has 2 aromatic carbocycles. The minimum Gasteiger partial charge on any atom is -0.383 e. The molecule has 4 rings (SSSR count). The van der Waals surface area contributed by atoms with E-state index in [9.17, 15) is 9.59 Å². The van der Waals surface area contributed by atoms with E-state index in [-0.39, 0.29) is 11.6 Å². The number of aromatic nitrogens is 2. The van der Waals surface area contributed by atoms with Crippen molar-refractivity contribution in [2.24, 2.45) is 5.92 Å². The molecule has 1 saturated heterocycles. The first-order valence-electron chi connectivity index (χ1n) is 10.7. The number of fused-ring (bicyclic) bond motifs is 1. The van der Waals surface area contributed by atoms with E-state index in [0.717, 1.165) is 32.4 Å². The molecule has 1 aromatic heterocycles. The van der Waals surface area contributed by atoms with Crippen molar-refractivity contribution >= 4 is 22.6 Å². The van der Waals surface area contributed by atoms with E-state index in [1.54, 1.807) is 25.3 Å². The molecule has 7 nitrogen and oxygen atoms in total. The fourth-order valence-corrected chi connectivity index (χ4v) is 4.08. The second-order valence-electron chi connectivity index (χ2n) is 8.02. The molecule has 2 amide bonds. The number of amides is 2. The average molecular weight is 421 g/mol. The number of anilines is 1. The molecule has 0 unspecified atom stereocenters. The van der Waals surface area contributed by atoms with E-state index in [0.29, 0.717) is 35.7 Å². The van der Waals surface area contributed by atoms with Crippen LogP contribution in [0.5, 0.6) is 0 Å². The molecular weight excluding hydrogens is 392 g/mol. The first-order chi connectivity index (χ1) is 15.1. The summed E-state index contributed by atoms with van der Waals surface area (Å²) in [5.41, 5.74) is 2.43. The monoisotopic (exact) mass is 420 g/mol. The number of nitrogens with one attached hydrogen (secondary N) is 1. The molecule has 1 aliphatic heterocycles. The number of hydrogen-bond acceptors (Lipinski definition) is 4. The molecule has 0 atom stereocenters. The molecule has 0 radical (unpaired) electrons.